The molecule has 1 rings (SSSR count). The molecular formula is C18H31N. The van der Waals surface area contributed by atoms with Crippen molar-refractivity contribution in [2.75, 3.05) is 7.05 Å². The van der Waals surface area contributed by atoms with Crippen LogP contribution >= 0.6 is 0 Å². The van der Waals surface area contributed by atoms with E-state index < -0.39 is 0 Å². The molecule has 19 heavy (non-hydrogen) atoms. The Kier molecular flexibility index (Phi) is 7.81. The molecule has 0 aliphatic carbocycles. The molecule has 0 heterocycles. The van der Waals surface area contributed by atoms with E-state index in [-0.39, 0.29) is 0 Å². The van der Waals surface area contributed by atoms with Gasteiger partial charge in [-0.15, -0.1) is 0 Å². The lowest BCUT2D eigenvalue weighted by Crippen LogP contribution is -2.18. The van der Waals surface area contributed by atoms with E-state index in [1.807, 2.05) is 0 Å². The lowest BCUT2D eigenvalue weighted by atomic mass is 9.92. The van der Waals surface area contributed by atoms with Crippen molar-refractivity contribution in [3.63, 3.8) is 0 Å². The van der Waals surface area contributed by atoms with Gasteiger partial charge in [0.05, 0.1) is 0 Å². The molecule has 1 unspecified atom stereocenters. The number of rotatable bonds is 9. The number of nitrogens with one attached hydrogen (secondary N) is 1. The minimum Gasteiger partial charge on any atom is -0.313 e. The van der Waals surface area contributed by atoms with Crippen LogP contribution in [0, 0.1) is 13.8 Å². The normalized spacial score (nSPS) is 12.6. The number of unbranched alkanes of at least 4 members (excludes halogenated alkanes) is 5. The molecule has 0 aliphatic heterocycles. The summed E-state index contributed by atoms with van der Waals surface area (Å²) in [5, 5.41) is 3.50. The molecule has 0 amide bonds. The number of hydrogen-bond donors (Lipinski definition) is 1. The molecule has 0 fully saturated rings. The molecule has 1 heteroatoms. The van der Waals surface area contributed by atoms with Gasteiger partial charge in [-0.2, -0.15) is 0 Å². The summed E-state index contributed by atoms with van der Waals surface area (Å²) in [7, 11) is 2.09. The smallest absolute Gasteiger partial charge is 0.0322 e. The number of aryl methyl sites for hydroxylation is 2. The molecule has 1 atom stereocenters. The topological polar surface area (TPSA) is 12.0 Å². The third kappa shape index (κ3) is 5.36. The van der Waals surface area contributed by atoms with E-state index >= 15 is 0 Å². The van der Waals surface area contributed by atoms with E-state index in [4.69, 9.17) is 0 Å². The fourth-order valence-corrected chi connectivity index (χ4v) is 2.94. The Morgan fingerprint density at radius 1 is 0.947 bits per heavy atom. The van der Waals surface area contributed by atoms with Gasteiger partial charge in [0, 0.05) is 6.04 Å². The number of hydrogen-bond acceptors (Lipinski definition) is 1. The maximum absolute atomic E-state index is 3.50. The first kappa shape index (κ1) is 16.2. The van der Waals surface area contributed by atoms with Crippen molar-refractivity contribution >= 4 is 0 Å². The predicted molar refractivity (Wildman–Crippen MR) is 85.7 cm³/mol. The van der Waals surface area contributed by atoms with Crippen LogP contribution in [-0.2, 0) is 0 Å². The average Bonchev–Trinajstić information content (AvgIpc) is 2.40. The first-order chi connectivity index (χ1) is 9.20. The summed E-state index contributed by atoms with van der Waals surface area (Å²) >= 11 is 0. The molecule has 0 saturated heterocycles. The van der Waals surface area contributed by atoms with Gasteiger partial charge in [-0.25, -0.2) is 0 Å². The molecule has 0 spiro atoms. The molecule has 0 aliphatic rings. The highest BCUT2D eigenvalue weighted by atomic mass is 14.9. The third-order valence-corrected chi connectivity index (χ3v) is 4.09. The van der Waals surface area contributed by atoms with Gasteiger partial charge in [0.1, 0.15) is 0 Å². The van der Waals surface area contributed by atoms with Crippen LogP contribution in [0.2, 0.25) is 0 Å². The van der Waals surface area contributed by atoms with Crippen LogP contribution < -0.4 is 5.32 Å². The quantitative estimate of drug-likeness (QED) is 0.594. The Balaban J connectivity index is 2.45. The monoisotopic (exact) mass is 261 g/mol. The molecule has 1 aromatic carbocycles. The molecule has 0 saturated carbocycles. The van der Waals surface area contributed by atoms with Gasteiger partial charge in [-0.3, -0.25) is 0 Å². The predicted octanol–water partition coefficient (Wildman–Crippen LogP) is 5.31. The van der Waals surface area contributed by atoms with Gasteiger partial charge >= 0.3 is 0 Å². The Morgan fingerprint density at radius 3 is 2.11 bits per heavy atom. The maximum Gasteiger partial charge on any atom is 0.0322 e. The van der Waals surface area contributed by atoms with Crippen molar-refractivity contribution < 1.29 is 0 Å². The fourth-order valence-electron chi connectivity index (χ4n) is 2.94. The summed E-state index contributed by atoms with van der Waals surface area (Å²) in [5.41, 5.74) is 4.36. The number of benzene rings is 1. The average molecular weight is 261 g/mol. The summed E-state index contributed by atoms with van der Waals surface area (Å²) < 4.78 is 0. The third-order valence-electron chi connectivity index (χ3n) is 4.09. The van der Waals surface area contributed by atoms with Gasteiger partial charge < -0.3 is 5.32 Å². The Morgan fingerprint density at radius 2 is 1.53 bits per heavy atom. The van der Waals surface area contributed by atoms with E-state index in [1.54, 1.807) is 0 Å². The SMILES string of the molecule is CCCCCCCCC(NC)c1c(C)cccc1C. The van der Waals surface area contributed by atoms with Crippen molar-refractivity contribution in [3.8, 4) is 0 Å². The molecule has 0 radical (unpaired) electrons. The van der Waals surface area contributed by atoms with Crippen molar-refractivity contribution in [3.05, 3.63) is 34.9 Å². The second-order valence-electron chi connectivity index (χ2n) is 5.70. The van der Waals surface area contributed by atoms with Crippen molar-refractivity contribution in [2.24, 2.45) is 0 Å². The minimum atomic E-state index is 0.521. The van der Waals surface area contributed by atoms with Crippen LogP contribution in [0.25, 0.3) is 0 Å². The summed E-state index contributed by atoms with van der Waals surface area (Å²) in [6.45, 7) is 6.74. The van der Waals surface area contributed by atoms with Crippen LogP contribution in [0.3, 0.4) is 0 Å². The second-order valence-corrected chi connectivity index (χ2v) is 5.70. The highest BCUT2D eigenvalue weighted by Gasteiger charge is 2.13. The molecule has 1 N–H and O–H groups in total. The van der Waals surface area contributed by atoms with E-state index in [0.717, 1.165) is 0 Å². The molecule has 1 nitrogen and oxygen atoms in total. The minimum absolute atomic E-state index is 0.521. The lowest BCUT2D eigenvalue weighted by molar-refractivity contribution is 0.495. The zero-order valence-electron chi connectivity index (χ0n) is 13.3. The van der Waals surface area contributed by atoms with E-state index in [9.17, 15) is 0 Å². The van der Waals surface area contributed by atoms with Crippen molar-refractivity contribution in [1.82, 2.24) is 5.32 Å². The lowest BCUT2D eigenvalue weighted by Gasteiger charge is -2.21. The van der Waals surface area contributed by atoms with Gasteiger partial charge in [-0.1, -0.05) is 63.6 Å². The maximum atomic E-state index is 3.50. The first-order valence-electron chi connectivity index (χ1n) is 7.94. The van der Waals surface area contributed by atoms with Crippen LogP contribution in [0.4, 0.5) is 0 Å². The standard InChI is InChI=1S/C18H31N/c1-5-6-7-8-9-10-14-17(19-4)18-15(2)12-11-13-16(18)3/h11-13,17,19H,5-10,14H2,1-4H3. The van der Waals surface area contributed by atoms with E-state index in [2.05, 4.69) is 51.3 Å². The van der Waals surface area contributed by atoms with Crippen molar-refractivity contribution in [1.29, 1.82) is 0 Å². The summed E-state index contributed by atoms with van der Waals surface area (Å²) in [5.74, 6) is 0. The highest BCUT2D eigenvalue weighted by molar-refractivity contribution is 5.36. The van der Waals surface area contributed by atoms with E-state index in [0.29, 0.717) is 6.04 Å². The highest BCUT2D eigenvalue weighted by Crippen LogP contribution is 2.26. The summed E-state index contributed by atoms with van der Waals surface area (Å²) in [6, 6.07) is 7.14. The zero-order chi connectivity index (χ0) is 14.1. The van der Waals surface area contributed by atoms with Gasteiger partial charge in [0.2, 0.25) is 0 Å². The van der Waals surface area contributed by atoms with Gasteiger partial charge in [0.25, 0.3) is 0 Å². The molecular weight excluding hydrogens is 230 g/mol. The molecule has 0 aromatic heterocycles. The van der Waals surface area contributed by atoms with Crippen LogP contribution in [-0.4, -0.2) is 7.05 Å². The summed E-state index contributed by atoms with van der Waals surface area (Å²) in [6.07, 6.45) is 9.51. The Bertz CT molecular complexity index is 336. The van der Waals surface area contributed by atoms with Gasteiger partial charge in [0.15, 0.2) is 0 Å². The van der Waals surface area contributed by atoms with E-state index in [1.165, 1.54) is 61.6 Å². The van der Waals surface area contributed by atoms with Crippen LogP contribution in [0.1, 0.15) is 74.6 Å². The Hall–Kier alpha value is -0.820. The van der Waals surface area contributed by atoms with Gasteiger partial charge in [-0.05, 0) is 44.0 Å². The van der Waals surface area contributed by atoms with Crippen molar-refractivity contribution in [2.45, 2.75) is 71.8 Å². The second kappa shape index (κ2) is 9.14. The summed E-state index contributed by atoms with van der Waals surface area (Å²) in [4.78, 5) is 0. The van der Waals surface area contributed by atoms with Crippen LogP contribution in [0.5, 0.6) is 0 Å². The largest absolute Gasteiger partial charge is 0.313 e. The molecule has 108 valence electrons. The fraction of sp³-hybridized carbons (Fsp3) is 0.667. The van der Waals surface area contributed by atoms with Crippen LogP contribution in [0.15, 0.2) is 18.2 Å². The molecule has 1 aromatic rings. The Labute approximate surface area is 119 Å². The zero-order valence-corrected chi connectivity index (χ0v) is 13.3. The first-order valence-corrected chi connectivity index (χ1v) is 7.94. The molecule has 0 bridgehead atoms.